The lowest BCUT2D eigenvalue weighted by molar-refractivity contribution is -0.140. The quantitative estimate of drug-likeness (QED) is 0.592. The number of carbonyl (C=O) groups excluding carboxylic acids is 1. The normalized spacial score (nSPS) is 12.5. The number of hydrogen-bond donors (Lipinski definition) is 3. The Morgan fingerprint density at radius 2 is 2.13 bits per heavy atom. The molecule has 15 heavy (non-hydrogen) atoms. The van der Waals surface area contributed by atoms with Gasteiger partial charge in [0.25, 0.3) is 11.7 Å². The maximum absolute atomic E-state index is 11.4. The van der Waals surface area contributed by atoms with Crippen LogP contribution in [-0.2, 0) is 4.79 Å². The molecule has 0 radical (unpaired) electrons. The highest BCUT2D eigenvalue weighted by Gasteiger charge is 2.25. The number of aliphatic carboxylic acids is 1. The van der Waals surface area contributed by atoms with E-state index >= 15 is 0 Å². The maximum atomic E-state index is 11.4. The SMILES string of the molecule is CC(C)[C@@H](NC(=O)c1nn[nH]n1)C(=O)O. The third-order valence-corrected chi connectivity index (χ3v) is 1.77. The summed E-state index contributed by atoms with van der Waals surface area (Å²) < 4.78 is 0. The topological polar surface area (TPSA) is 121 Å². The van der Waals surface area contributed by atoms with Crippen LogP contribution in [0.25, 0.3) is 0 Å². The molecule has 0 unspecified atom stereocenters. The van der Waals surface area contributed by atoms with Gasteiger partial charge in [0, 0.05) is 0 Å². The number of nitrogens with zero attached hydrogens (tertiary/aromatic N) is 3. The fourth-order valence-electron chi connectivity index (χ4n) is 0.977. The van der Waals surface area contributed by atoms with Crippen molar-refractivity contribution in [2.45, 2.75) is 19.9 Å². The van der Waals surface area contributed by atoms with Gasteiger partial charge >= 0.3 is 5.97 Å². The molecule has 1 amide bonds. The van der Waals surface area contributed by atoms with Crippen LogP contribution in [0.3, 0.4) is 0 Å². The Balaban J connectivity index is 2.67. The smallest absolute Gasteiger partial charge is 0.326 e. The molecule has 3 N–H and O–H groups in total. The predicted molar refractivity (Wildman–Crippen MR) is 47.9 cm³/mol. The number of aromatic nitrogens is 4. The summed E-state index contributed by atoms with van der Waals surface area (Å²) in [5.74, 6) is -2.16. The van der Waals surface area contributed by atoms with E-state index in [4.69, 9.17) is 5.11 Å². The predicted octanol–water partition coefficient (Wildman–Crippen LogP) is -0.961. The number of tetrazole rings is 1. The fourth-order valence-corrected chi connectivity index (χ4v) is 0.977. The van der Waals surface area contributed by atoms with Crippen molar-refractivity contribution in [3.8, 4) is 0 Å². The van der Waals surface area contributed by atoms with Crippen molar-refractivity contribution in [2.75, 3.05) is 0 Å². The van der Waals surface area contributed by atoms with Crippen LogP contribution in [0.15, 0.2) is 0 Å². The van der Waals surface area contributed by atoms with E-state index < -0.39 is 17.9 Å². The molecule has 1 aromatic heterocycles. The number of H-pyrrole nitrogens is 1. The number of aromatic amines is 1. The number of hydrogen-bond acceptors (Lipinski definition) is 5. The van der Waals surface area contributed by atoms with Crippen LogP contribution < -0.4 is 5.32 Å². The standard InChI is InChI=1S/C7H11N5O3/c1-3(2)4(7(14)15)8-6(13)5-9-11-12-10-5/h3-4H,1-2H3,(H,8,13)(H,14,15)(H,9,10,11,12)/t4-/m1/s1. The molecule has 1 aromatic rings. The molecule has 1 heterocycles. The van der Waals surface area contributed by atoms with Crippen LogP contribution in [0.4, 0.5) is 0 Å². The maximum Gasteiger partial charge on any atom is 0.326 e. The summed E-state index contributed by atoms with van der Waals surface area (Å²) in [6.45, 7) is 3.38. The molecule has 8 heteroatoms. The zero-order chi connectivity index (χ0) is 11.4. The third kappa shape index (κ3) is 2.73. The van der Waals surface area contributed by atoms with Crippen LogP contribution in [0.1, 0.15) is 24.5 Å². The van der Waals surface area contributed by atoms with Crippen LogP contribution in [0.2, 0.25) is 0 Å². The Kier molecular flexibility index (Phi) is 3.32. The van der Waals surface area contributed by atoms with Gasteiger partial charge in [-0.1, -0.05) is 13.8 Å². The lowest BCUT2D eigenvalue weighted by Crippen LogP contribution is -2.44. The number of rotatable bonds is 4. The highest BCUT2D eigenvalue weighted by Crippen LogP contribution is 2.02. The van der Waals surface area contributed by atoms with E-state index in [2.05, 4.69) is 25.9 Å². The van der Waals surface area contributed by atoms with Crippen LogP contribution in [0, 0.1) is 5.92 Å². The molecular weight excluding hydrogens is 202 g/mol. The van der Waals surface area contributed by atoms with E-state index in [-0.39, 0.29) is 11.7 Å². The molecule has 0 fully saturated rings. The van der Waals surface area contributed by atoms with E-state index in [9.17, 15) is 9.59 Å². The zero-order valence-corrected chi connectivity index (χ0v) is 8.26. The van der Waals surface area contributed by atoms with Gasteiger partial charge < -0.3 is 10.4 Å². The van der Waals surface area contributed by atoms with Gasteiger partial charge in [0.05, 0.1) is 0 Å². The van der Waals surface area contributed by atoms with Crippen molar-refractivity contribution in [1.82, 2.24) is 25.9 Å². The fraction of sp³-hybridized carbons (Fsp3) is 0.571. The average molecular weight is 213 g/mol. The van der Waals surface area contributed by atoms with Gasteiger partial charge in [-0.25, -0.2) is 4.79 Å². The monoisotopic (exact) mass is 213 g/mol. The second kappa shape index (κ2) is 4.49. The van der Waals surface area contributed by atoms with Crippen molar-refractivity contribution < 1.29 is 14.7 Å². The molecule has 0 saturated heterocycles. The second-order valence-corrected chi connectivity index (χ2v) is 3.27. The molecule has 0 bridgehead atoms. The van der Waals surface area contributed by atoms with Gasteiger partial charge in [0.15, 0.2) is 0 Å². The van der Waals surface area contributed by atoms with E-state index in [0.717, 1.165) is 0 Å². The Labute approximate surface area is 85.1 Å². The summed E-state index contributed by atoms with van der Waals surface area (Å²) in [4.78, 5) is 22.1. The van der Waals surface area contributed by atoms with E-state index in [1.54, 1.807) is 13.8 Å². The van der Waals surface area contributed by atoms with E-state index in [1.807, 2.05) is 0 Å². The van der Waals surface area contributed by atoms with Crippen molar-refractivity contribution in [2.24, 2.45) is 5.92 Å². The minimum absolute atomic E-state index is 0.179. The second-order valence-electron chi connectivity index (χ2n) is 3.27. The lowest BCUT2D eigenvalue weighted by Gasteiger charge is -2.16. The summed E-state index contributed by atoms with van der Waals surface area (Å²) in [6, 6.07) is -0.962. The van der Waals surface area contributed by atoms with Gasteiger partial charge in [0.1, 0.15) is 6.04 Å². The largest absolute Gasteiger partial charge is 0.480 e. The first-order chi connectivity index (χ1) is 7.02. The van der Waals surface area contributed by atoms with Crippen LogP contribution >= 0.6 is 0 Å². The molecule has 1 rings (SSSR count). The molecule has 0 saturated carbocycles. The van der Waals surface area contributed by atoms with Gasteiger partial charge in [-0.05, 0) is 11.1 Å². The lowest BCUT2D eigenvalue weighted by atomic mass is 10.1. The summed E-state index contributed by atoms with van der Waals surface area (Å²) >= 11 is 0. The zero-order valence-electron chi connectivity index (χ0n) is 8.26. The molecule has 82 valence electrons. The van der Waals surface area contributed by atoms with Gasteiger partial charge in [-0.2, -0.15) is 5.21 Å². The molecule has 0 spiro atoms. The molecule has 0 aliphatic heterocycles. The van der Waals surface area contributed by atoms with Crippen molar-refractivity contribution in [1.29, 1.82) is 0 Å². The molecular formula is C7H11N5O3. The first-order valence-corrected chi connectivity index (χ1v) is 4.29. The Hall–Kier alpha value is -1.99. The van der Waals surface area contributed by atoms with Crippen molar-refractivity contribution in [3.63, 3.8) is 0 Å². The summed E-state index contributed by atoms with van der Waals surface area (Å²) in [6.07, 6.45) is 0. The molecule has 0 aliphatic carbocycles. The Morgan fingerprint density at radius 3 is 2.53 bits per heavy atom. The number of carbonyl (C=O) groups is 2. The Morgan fingerprint density at radius 1 is 1.47 bits per heavy atom. The van der Waals surface area contributed by atoms with Crippen LogP contribution in [-0.4, -0.2) is 43.6 Å². The molecule has 1 atom stereocenters. The van der Waals surface area contributed by atoms with Crippen molar-refractivity contribution in [3.05, 3.63) is 5.82 Å². The highest BCUT2D eigenvalue weighted by molar-refractivity contribution is 5.93. The Bertz CT molecular complexity index is 348. The minimum Gasteiger partial charge on any atom is -0.480 e. The summed E-state index contributed by atoms with van der Waals surface area (Å²) in [5.41, 5.74) is 0. The van der Waals surface area contributed by atoms with E-state index in [0.29, 0.717) is 0 Å². The number of carboxylic acids is 1. The first kappa shape index (κ1) is 11.1. The molecule has 0 aliphatic rings. The number of carboxylic acid groups (broad SMARTS) is 1. The average Bonchev–Trinajstić information content (AvgIpc) is 2.65. The van der Waals surface area contributed by atoms with Crippen molar-refractivity contribution >= 4 is 11.9 Å². The number of amides is 1. The minimum atomic E-state index is -1.10. The highest BCUT2D eigenvalue weighted by atomic mass is 16.4. The van der Waals surface area contributed by atoms with Crippen LogP contribution in [0.5, 0.6) is 0 Å². The first-order valence-electron chi connectivity index (χ1n) is 4.29. The van der Waals surface area contributed by atoms with E-state index in [1.165, 1.54) is 0 Å². The van der Waals surface area contributed by atoms with Gasteiger partial charge in [0.2, 0.25) is 0 Å². The summed E-state index contributed by atoms with van der Waals surface area (Å²) in [7, 11) is 0. The summed E-state index contributed by atoms with van der Waals surface area (Å²) in [5, 5.41) is 23.3. The third-order valence-electron chi connectivity index (χ3n) is 1.77. The number of nitrogens with one attached hydrogen (secondary N) is 2. The van der Waals surface area contributed by atoms with Gasteiger partial charge in [-0.15, -0.1) is 10.2 Å². The molecule has 0 aromatic carbocycles. The van der Waals surface area contributed by atoms with Gasteiger partial charge in [-0.3, -0.25) is 4.79 Å². The molecule has 8 nitrogen and oxygen atoms in total.